The van der Waals surface area contributed by atoms with Gasteiger partial charge in [0.2, 0.25) is 0 Å². The second kappa shape index (κ2) is 7.27. The molecule has 0 aliphatic carbocycles. The molecular formula is C16H21ClFN3O2. The highest BCUT2D eigenvalue weighted by Crippen LogP contribution is 2.21. The van der Waals surface area contributed by atoms with Crippen LogP contribution in [0.3, 0.4) is 0 Å². The SMILES string of the molecule is C[C@H]1CN(C)CC[C@@H]1N(C)C(=O)C(=O)Nc1cc(F)cc(Cl)c1. The number of carbonyl (C=O) groups is 2. The van der Waals surface area contributed by atoms with Crippen LogP contribution in [0.1, 0.15) is 13.3 Å². The van der Waals surface area contributed by atoms with Gasteiger partial charge in [0, 0.05) is 30.3 Å². The molecule has 23 heavy (non-hydrogen) atoms. The molecule has 1 fully saturated rings. The highest BCUT2D eigenvalue weighted by molar-refractivity contribution is 6.39. The van der Waals surface area contributed by atoms with E-state index in [0.29, 0.717) is 0 Å². The molecule has 0 spiro atoms. The molecule has 0 saturated carbocycles. The smallest absolute Gasteiger partial charge is 0.313 e. The van der Waals surface area contributed by atoms with Gasteiger partial charge in [-0.25, -0.2) is 4.39 Å². The van der Waals surface area contributed by atoms with Gasteiger partial charge in [-0.3, -0.25) is 9.59 Å². The molecule has 7 heteroatoms. The first-order valence-electron chi connectivity index (χ1n) is 7.50. The van der Waals surface area contributed by atoms with Crippen molar-refractivity contribution in [3.63, 3.8) is 0 Å². The van der Waals surface area contributed by atoms with Crippen LogP contribution in [0.4, 0.5) is 10.1 Å². The Labute approximate surface area is 140 Å². The number of halogens is 2. The van der Waals surface area contributed by atoms with E-state index < -0.39 is 17.6 Å². The van der Waals surface area contributed by atoms with Crippen molar-refractivity contribution in [3.8, 4) is 0 Å². The number of anilines is 1. The van der Waals surface area contributed by atoms with Crippen LogP contribution in [0.15, 0.2) is 18.2 Å². The maximum absolute atomic E-state index is 13.3. The van der Waals surface area contributed by atoms with Crippen LogP contribution in [0.5, 0.6) is 0 Å². The van der Waals surface area contributed by atoms with Crippen molar-refractivity contribution in [2.45, 2.75) is 19.4 Å². The summed E-state index contributed by atoms with van der Waals surface area (Å²) in [5.41, 5.74) is 0.165. The largest absolute Gasteiger partial charge is 0.334 e. The molecule has 2 rings (SSSR count). The van der Waals surface area contributed by atoms with E-state index in [-0.39, 0.29) is 22.7 Å². The number of rotatable bonds is 2. The Kier molecular flexibility index (Phi) is 5.59. The van der Waals surface area contributed by atoms with E-state index in [4.69, 9.17) is 11.6 Å². The lowest BCUT2D eigenvalue weighted by Gasteiger charge is -2.39. The second-order valence-corrected chi connectivity index (χ2v) is 6.56. The zero-order valence-corrected chi connectivity index (χ0v) is 14.2. The summed E-state index contributed by atoms with van der Waals surface area (Å²) in [4.78, 5) is 28.1. The molecule has 1 aromatic carbocycles. The van der Waals surface area contributed by atoms with E-state index in [9.17, 15) is 14.0 Å². The topological polar surface area (TPSA) is 52.7 Å². The molecule has 1 aliphatic heterocycles. The zero-order valence-electron chi connectivity index (χ0n) is 13.5. The fourth-order valence-electron chi connectivity index (χ4n) is 3.04. The number of likely N-dealkylation sites (N-methyl/N-ethyl adjacent to an activating group) is 1. The summed E-state index contributed by atoms with van der Waals surface area (Å²) in [7, 11) is 3.67. The first-order valence-corrected chi connectivity index (χ1v) is 7.88. The molecule has 1 saturated heterocycles. The van der Waals surface area contributed by atoms with Gasteiger partial charge in [0.1, 0.15) is 5.82 Å². The number of hydrogen-bond donors (Lipinski definition) is 1. The Balaban J connectivity index is 2.02. The van der Waals surface area contributed by atoms with Crippen LogP contribution in [0.2, 0.25) is 5.02 Å². The summed E-state index contributed by atoms with van der Waals surface area (Å²) in [6.45, 7) is 3.82. The van der Waals surface area contributed by atoms with Crippen molar-refractivity contribution >= 4 is 29.1 Å². The third-order valence-electron chi connectivity index (χ3n) is 4.20. The van der Waals surface area contributed by atoms with E-state index in [0.717, 1.165) is 31.6 Å². The van der Waals surface area contributed by atoms with E-state index in [1.807, 2.05) is 7.05 Å². The van der Waals surface area contributed by atoms with Crippen molar-refractivity contribution < 1.29 is 14.0 Å². The molecule has 0 bridgehead atoms. The van der Waals surface area contributed by atoms with Crippen molar-refractivity contribution in [3.05, 3.63) is 29.0 Å². The van der Waals surface area contributed by atoms with Gasteiger partial charge in [0.05, 0.1) is 0 Å². The van der Waals surface area contributed by atoms with Crippen LogP contribution < -0.4 is 5.32 Å². The summed E-state index contributed by atoms with van der Waals surface area (Å²) < 4.78 is 13.3. The summed E-state index contributed by atoms with van der Waals surface area (Å²) >= 11 is 5.74. The summed E-state index contributed by atoms with van der Waals surface area (Å²) in [5, 5.41) is 2.56. The number of benzene rings is 1. The van der Waals surface area contributed by atoms with Gasteiger partial charge < -0.3 is 15.1 Å². The number of hydrogen-bond acceptors (Lipinski definition) is 3. The minimum absolute atomic E-state index is 0.0144. The average molecular weight is 342 g/mol. The molecule has 126 valence electrons. The molecule has 1 aliphatic rings. The van der Waals surface area contributed by atoms with Crippen LogP contribution in [-0.4, -0.2) is 54.8 Å². The van der Waals surface area contributed by atoms with Crippen LogP contribution in [0, 0.1) is 11.7 Å². The van der Waals surface area contributed by atoms with Crippen molar-refractivity contribution in [1.29, 1.82) is 0 Å². The fourth-order valence-corrected chi connectivity index (χ4v) is 3.26. The van der Waals surface area contributed by atoms with Crippen molar-refractivity contribution in [1.82, 2.24) is 9.80 Å². The molecule has 5 nitrogen and oxygen atoms in total. The Morgan fingerprint density at radius 2 is 2.09 bits per heavy atom. The number of nitrogens with zero attached hydrogens (tertiary/aromatic N) is 2. The summed E-state index contributed by atoms with van der Waals surface area (Å²) in [6, 6.07) is 3.66. The Morgan fingerprint density at radius 1 is 1.39 bits per heavy atom. The number of amides is 2. The van der Waals surface area contributed by atoms with E-state index in [2.05, 4.69) is 17.1 Å². The third-order valence-corrected chi connectivity index (χ3v) is 4.41. The zero-order chi connectivity index (χ0) is 17.1. The standard InChI is InChI=1S/C16H21ClFN3O2/c1-10-9-20(2)5-4-14(10)21(3)16(23)15(22)19-13-7-11(17)6-12(18)8-13/h6-8,10,14H,4-5,9H2,1-3H3,(H,19,22)/t10-,14-/m0/s1. The Morgan fingerprint density at radius 3 is 2.70 bits per heavy atom. The third kappa shape index (κ3) is 4.42. The van der Waals surface area contributed by atoms with E-state index in [1.54, 1.807) is 7.05 Å². The quantitative estimate of drug-likeness (QED) is 0.839. The van der Waals surface area contributed by atoms with Crippen molar-refractivity contribution in [2.75, 3.05) is 32.5 Å². The van der Waals surface area contributed by atoms with Crippen LogP contribution in [-0.2, 0) is 9.59 Å². The molecule has 1 aromatic rings. The highest BCUT2D eigenvalue weighted by atomic mass is 35.5. The van der Waals surface area contributed by atoms with Gasteiger partial charge in [-0.15, -0.1) is 0 Å². The number of nitrogens with one attached hydrogen (secondary N) is 1. The first kappa shape index (κ1) is 17.7. The molecule has 2 atom stereocenters. The molecule has 1 heterocycles. The maximum atomic E-state index is 13.3. The lowest BCUT2D eigenvalue weighted by Crippen LogP contribution is -2.52. The second-order valence-electron chi connectivity index (χ2n) is 6.12. The lowest BCUT2D eigenvalue weighted by atomic mass is 9.93. The lowest BCUT2D eigenvalue weighted by molar-refractivity contribution is -0.145. The van der Waals surface area contributed by atoms with Crippen LogP contribution in [0.25, 0.3) is 0 Å². The molecule has 1 N–H and O–H groups in total. The molecular weight excluding hydrogens is 321 g/mol. The van der Waals surface area contributed by atoms with Gasteiger partial charge in [0.15, 0.2) is 0 Å². The van der Waals surface area contributed by atoms with Gasteiger partial charge in [0.25, 0.3) is 0 Å². The summed E-state index contributed by atoms with van der Waals surface area (Å²) in [6.07, 6.45) is 0.818. The van der Waals surface area contributed by atoms with Gasteiger partial charge in [-0.1, -0.05) is 18.5 Å². The molecule has 2 amide bonds. The molecule has 0 aromatic heterocycles. The highest BCUT2D eigenvalue weighted by Gasteiger charge is 2.32. The predicted octanol–water partition coefficient (Wildman–Crippen LogP) is 2.22. The fraction of sp³-hybridized carbons (Fsp3) is 0.500. The van der Waals surface area contributed by atoms with Gasteiger partial charge in [-0.05, 0) is 44.1 Å². The first-order chi connectivity index (χ1) is 10.8. The average Bonchev–Trinajstić information content (AvgIpc) is 2.44. The number of likely N-dealkylation sites (tertiary alicyclic amines) is 1. The van der Waals surface area contributed by atoms with Gasteiger partial charge >= 0.3 is 11.8 Å². The Bertz CT molecular complexity index is 591. The normalized spacial score (nSPS) is 21.8. The monoisotopic (exact) mass is 341 g/mol. The maximum Gasteiger partial charge on any atom is 0.313 e. The van der Waals surface area contributed by atoms with Crippen LogP contribution >= 0.6 is 11.6 Å². The molecule has 0 unspecified atom stereocenters. The minimum Gasteiger partial charge on any atom is -0.334 e. The predicted molar refractivity (Wildman–Crippen MR) is 87.9 cm³/mol. The van der Waals surface area contributed by atoms with Gasteiger partial charge in [-0.2, -0.15) is 0 Å². The van der Waals surface area contributed by atoms with E-state index >= 15 is 0 Å². The van der Waals surface area contributed by atoms with E-state index in [1.165, 1.54) is 11.0 Å². The Hall–Kier alpha value is -1.66. The number of carbonyl (C=O) groups excluding carboxylic acids is 2. The van der Waals surface area contributed by atoms with Crippen molar-refractivity contribution in [2.24, 2.45) is 5.92 Å². The molecule has 0 radical (unpaired) electrons. The minimum atomic E-state index is -0.791. The summed E-state index contributed by atoms with van der Waals surface area (Å²) in [5.74, 6) is -1.72. The number of piperidine rings is 1.